The van der Waals surface area contributed by atoms with Crippen molar-refractivity contribution < 1.29 is 9.53 Å². The molecule has 0 aliphatic rings. The van der Waals surface area contributed by atoms with Gasteiger partial charge >= 0.3 is 0 Å². The molecule has 0 aliphatic heterocycles. The van der Waals surface area contributed by atoms with E-state index in [9.17, 15) is 4.79 Å². The molecule has 0 aliphatic carbocycles. The number of hydrogen-bond donors (Lipinski definition) is 1. The van der Waals surface area contributed by atoms with Gasteiger partial charge in [-0.1, -0.05) is 24.3 Å². The van der Waals surface area contributed by atoms with Crippen molar-refractivity contribution in [2.45, 2.75) is 13.5 Å². The van der Waals surface area contributed by atoms with Gasteiger partial charge in [-0.05, 0) is 42.3 Å². The van der Waals surface area contributed by atoms with Crippen LogP contribution in [-0.2, 0) is 16.1 Å². The van der Waals surface area contributed by atoms with E-state index in [0.717, 1.165) is 16.8 Å². The van der Waals surface area contributed by atoms with Crippen molar-refractivity contribution in [1.29, 1.82) is 5.26 Å². The van der Waals surface area contributed by atoms with Gasteiger partial charge in [-0.15, -0.1) is 0 Å². The standard InChI is InChI=1S/C17H16N2O2/c1-13-3-2-4-16(9-13)19-17(20)12-21-11-15-7-5-14(10-18)6-8-15/h2-9H,11-12H2,1H3,(H,19,20). The number of benzene rings is 2. The van der Waals surface area contributed by atoms with Gasteiger partial charge in [0.15, 0.2) is 0 Å². The summed E-state index contributed by atoms with van der Waals surface area (Å²) in [6, 6.07) is 16.7. The highest BCUT2D eigenvalue weighted by Gasteiger charge is 2.03. The van der Waals surface area contributed by atoms with Gasteiger partial charge in [0.25, 0.3) is 0 Å². The van der Waals surface area contributed by atoms with Gasteiger partial charge in [-0.25, -0.2) is 0 Å². The van der Waals surface area contributed by atoms with E-state index in [4.69, 9.17) is 10.00 Å². The highest BCUT2D eigenvalue weighted by atomic mass is 16.5. The van der Waals surface area contributed by atoms with E-state index in [-0.39, 0.29) is 12.5 Å². The van der Waals surface area contributed by atoms with Crippen molar-refractivity contribution in [1.82, 2.24) is 0 Å². The van der Waals surface area contributed by atoms with Crippen LogP contribution in [-0.4, -0.2) is 12.5 Å². The topological polar surface area (TPSA) is 62.1 Å². The van der Waals surface area contributed by atoms with Crippen molar-refractivity contribution >= 4 is 11.6 Å². The Morgan fingerprint density at radius 2 is 2.00 bits per heavy atom. The van der Waals surface area contributed by atoms with E-state index in [1.165, 1.54) is 0 Å². The first-order valence-electron chi connectivity index (χ1n) is 6.60. The predicted octanol–water partition coefficient (Wildman–Crippen LogP) is 3.02. The van der Waals surface area contributed by atoms with Crippen LogP contribution in [0.15, 0.2) is 48.5 Å². The lowest BCUT2D eigenvalue weighted by molar-refractivity contribution is -0.121. The van der Waals surface area contributed by atoms with Gasteiger partial charge in [-0.2, -0.15) is 5.26 Å². The molecule has 1 amide bonds. The van der Waals surface area contributed by atoms with Crippen molar-refractivity contribution in [2.75, 3.05) is 11.9 Å². The maximum absolute atomic E-state index is 11.7. The molecule has 0 heterocycles. The zero-order chi connectivity index (χ0) is 15.1. The Morgan fingerprint density at radius 1 is 1.24 bits per heavy atom. The van der Waals surface area contributed by atoms with Gasteiger partial charge < -0.3 is 10.1 Å². The van der Waals surface area contributed by atoms with Gasteiger partial charge in [0.05, 0.1) is 18.2 Å². The Labute approximate surface area is 124 Å². The molecule has 4 heteroatoms. The summed E-state index contributed by atoms with van der Waals surface area (Å²) in [5.41, 5.74) is 3.39. The van der Waals surface area contributed by atoms with Crippen LogP contribution in [0.4, 0.5) is 5.69 Å². The molecular formula is C17H16N2O2. The monoisotopic (exact) mass is 280 g/mol. The van der Waals surface area contributed by atoms with Crippen molar-refractivity contribution in [3.05, 3.63) is 65.2 Å². The second-order valence-electron chi connectivity index (χ2n) is 4.72. The summed E-state index contributed by atoms with van der Waals surface area (Å²) in [4.78, 5) is 11.7. The lowest BCUT2D eigenvalue weighted by atomic mass is 10.2. The normalized spacial score (nSPS) is 9.90. The van der Waals surface area contributed by atoms with Crippen LogP contribution in [0.25, 0.3) is 0 Å². The number of nitrogens with one attached hydrogen (secondary N) is 1. The first-order chi connectivity index (χ1) is 10.2. The molecule has 0 spiro atoms. The smallest absolute Gasteiger partial charge is 0.250 e. The molecule has 106 valence electrons. The number of nitrogens with zero attached hydrogens (tertiary/aromatic N) is 1. The molecule has 0 bridgehead atoms. The van der Waals surface area contributed by atoms with Crippen LogP contribution in [0.3, 0.4) is 0 Å². The molecule has 0 unspecified atom stereocenters. The number of ether oxygens (including phenoxy) is 1. The Balaban J connectivity index is 1.77. The zero-order valence-electron chi connectivity index (χ0n) is 11.8. The second kappa shape index (κ2) is 7.22. The fraction of sp³-hybridized carbons (Fsp3) is 0.176. The minimum atomic E-state index is -0.186. The fourth-order valence-electron chi connectivity index (χ4n) is 1.86. The van der Waals surface area contributed by atoms with Crippen molar-refractivity contribution in [3.63, 3.8) is 0 Å². The SMILES string of the molecule is Cc1cccc(NC(=O)COCc2ccc(C#N)cc2)c1. The molecule has 1 N–H and O–H groups in total. The maximum atomic E-state index is 11.7. The van der Waals surface area contributed by atoms with Gasteiger partial charge in [-0.3, -0.25) is 4.79 Å². The Hall–Kier alpha value is -2.64. The summed E-state index contributed by atoms with van der Waals surface area (Å²) >= 11 is 0. The summed E-state index contributed by atoms with van der Waals surface area (Å²) in [5.74, 6) is -0.186. The van der Waals surface area contributed by atoms with Gasteiger partial charge in [0.1, 0.15) is 6.61 Å². The average Bonchev–Trinajstić information content (AvgIpc) is 2.48. The highest BCUT2D eigenvalue weighted by Crippen LogP contribution is 2.09. The fourth-order valence-corrected chi connectivity index (χ4v) is 1.86. The van der Waals surface area contributed by atoms with E-state index in [1.807, 2.05) is 43.3 Å². The number of amides is 1. The van der Waals surface area contributed by atoms with Gasteiger partial charge in [0.2, 0.25) is 5.91 Å². The number of carbonyl (C=O) groups excluding carboxylic acids is 1. The molecule has 0 saturated heterocycles. The van der Waals surface area contributed by atoms with Crippen LogP contribution in [0.5, 0.6) is 0 Å². The number of aryl methyl sites for hydroxylation is 1. The van der Waals surface area contributed by atoms with Crippen molar-refractivity contribution in [2.24, 2.45) is 0 Å². The van der Waals surface area contributed by atoms with Crippen LogP contribution in [0.2, 0.25) is 0 Å². The second-order valence-corrected chi connectivity index (χ2v) is 4.72. The number of rotatable bonds is 5. The molecule has 0 fully saturated rings. The third-order valence-electron chi connectivity index (χ3n) is 2.89. The zero-order valence-corrected chi connectivity index (χ0v) is 11.8. The Bertz CT molecular complexity index is 657. The summed E-state index contributed by atoms with van der Waals surface area (Å²) in [6.07, 6.45) is 0. The Kier molecular flexibility index (Phi) is 5.08. The van der Waals surface area contributed by atoms with E-state index in [0.29, 0.717) is 12.2 Å². The lowest BCUT2D eigenvalue weighted by Gasteiger charge is -2.07. The summed E-state index contributed by atoms with van der Waals surface area (Å²) < 4.78 is 5.36. The van der Waals surface area contributed by atoms with E-state index < -0.39 is 0 Å². The largest absolute Gasteiger partial charge is 0.367 e. The number of anilines is 1. The quantitative estimate of drug-likeness (QED) is 0.915. The molecule has 2 aromatic carbocycles. The first kappa shape index (κ1) is 14.8. The van der Waals surface area contributed by atoms with Crippen LogP contribution in [0.1, 0.15) is 16.7 Å². The van der Waals surface area contributed by atoms with Gasteiger partial charge in [0, 0.05) is 5.69 Å². The molecule has 2 rings (SSSR count). The average molecular weight is 280 g/mol. The van der Waals surface area contributed by atoms with E-state index >= 15 is 0 Å². The van der Waals surface area contributed by atoms with Crippen LogP contribution >= 0.6 is 0 Å². The highest BCUT2D eigenvalue weighted by molar-refractivity contribution is 5.91. The minimum Gasteiger partial charge on any atom is -0.367 e. The van der Waals surface area contributed by atoms with E-state index in [2.05, 4.69) is 11.4 Å². The van der Waals surface area contributed by atoms with Crippen LogP contribution in [0, 0.1) is 18.3 Å². The minimum absolute atomic E-state index is 0.00601. The molecule has 2 aromatic rings. The summed E-state index contributed by atoms with van der Waals surface area (Å²) in [5, 5.41) is 11.5. The molecule has 0 radical (unpaired) electrons. The lowest BCUT2D eigenvalue weighted by Crippen LogP contribution is -2.18. The third-order valence-corrected chi connectivity index (χ3v) is 2.89. The molecule has 0 atom stereocenters. The third kappa shape index (κ3) is 4.75. The summed E-state index contributed by atoms with van der Waals surface area (Å²) in [6.45, 7) is 2.30. The molecule has 0 saturated carbocycles. The predicted molar refractivity (Wildman–Crippen MR) is 80.6 cm³/mol. The number of nitriles is 1. The molecule has 21 heavy (non-hydrogen) atoms. The van der Waals surface area contributed by atoms with Crippen molar-refractivity contribution in [3.8, 4) is 6.07 Å². The molecule has 0 aromatic heterocycles. The summed E-state index contributed by atoms with van der Waals surface area (Å²) in [7, 11) is 0. The molecular weight excluding hydrogens is 264 g/mol. The molecule has 4 nitrogen and oxygen atoms in total. The van der Waals surface area contributed by atoms with E-state index in [1.54, 1.807) is 12.1 Å². The first-order valence-corrected chi connectivity index (χ1v) is 6.60. The Morgan fingerprint density at radius 3 is 2.67 bits per heavy atom. The number of carbonyl (C=O) groups is 1. The van der Waals surface area contributed by atoms with Crippen LogP contribution < -0.4 is 5.32 Å². The maximum Gasteiger partial charge on any atom is 0.250 e. The number of hydrogen-bond acceptors (Lipinski definition) is 3.